The lowest BCUT2D eigenvalue weighted by Crippen LogP contribution is -2.07. The zero-order valence-corrected chi connectivity index (χ0v) is 20.6. The predicted molar refractivity (Wildman–Crippen MR) is 150 cm³/mol. The van der Waals surface area contributed by atoms with Crippen molar-refractivity contribution in [2.24, 2.45) is 0 Å². The fourth-order valence-electron chi connectivity index (χ4n) is 5.28. The molecule has 0 amide bonds. The van der Waals surface area contributed by atoms with Gasteiger partial charge in [0.05, 0.1) is 11.8 Å². The van der Waals surface area contributed by atoms with Gasteiger partial charge in [-0.3, -0.25) is 0 Å². The van der Waals surface area contributed by atoms with Crippen LogP contribution in [0.4, 0.5) is 4.39 Å². The van der Waals surface area contributed by atoms with Crippen molar-refractivity contribution in [1.82, 2.24) is 9.97 Å². The van der Waals surface area contributed by atoms with E-state index in [-0.39, 0.29) is 5.82 Å². The van der Waals surface area contributed by atoms with Crippen LogP contribution in [0.2, 0.25) is 0 Å². The van der Waals surface area contributed by atoms with Gasteiger partial charge in [-0.25, -0.2) is 9.37 Å². The maximum atomic E-state index is 13.2. The van der Waals surface area contributed by atoms with E-state index < -0.39 is 0 Å². The molecule has 0 fully saturated rings. The summed E-state index contributed by atoms with van der Waals surface area (Å²) in [6.45, 7) is 0. The van der Waals surface area contributed by atoms with Gasteiger partial charge in [-0.1, -0.05) is 78.5 Å². The molecular formula is C32H25FN2S. The average molecular weight is 489 g/mol. The SMILES string of the molecule is Fc1ccc(-c2ccc3c4c(ccc3c2)C2=C(CCC=C2)CC4)cc1.S=c1[nH]cnc2ccccc12. The van der Waals surface area contributed by atoms with E-state index in [1.54, 1.807) is 11.9 Å². The number of rotatable bonds is 1. The lowest BCUT2D eigenvalue weighted by Gasteiger charge is -2.25. The molecule has 1 N–H and O–H groups in total. The topological polar surface area (TPSA) is 28.7 Å². The first-order valence-corrected chi connectivity index (χ1v) is 12.7. The fourth-order valence-corrected chi connectivity index (χ4v) is 5.51. The normalized spacial score (nSPS) is 14.2. The van der Waals surface area contributed by atoms with Gasteiger partial charge in [0.1, 0.15) is 10.5 Å². The van der Waals surface area contributed by atoms with E-state index in [1.807, 2.05) is 36.4 Å². The number of para-hydroxylation sites is 1. The number of aromatic nitrogens is 2. The van der Waals surface area contributed by atoms with Gasteiger partial charge in [-0.05, 0) is 94.6 Å². The van der Waals surface area contributed by atoms with Gasteiger partial charge in [0.15, 0.2) is 0 Å². The first-order chi connectivity index (χ1) is 17.7. The van der Waals surface area contributed by atoms with E-state index in [0.29, 0.717) is 0 Å². The lowest BCUT2D eigenvalue weighted by atomic mass is 9.79. The second-order valence-corrected chi connectivity index (χ2v) is 9.65. The van der Waals surface area contributed by atoms with Crippen LogP contribution in [0.15, 0.2) is 103 Å². The van der Waals surface area contributed by atoms with Crippen molar-refractivity contribution in [1.29, 1.82) is 0 Å². The molecule has 0 bridgehead atoms. The van der Waals surface area contributed by atoms with E-state index in [0.717, 1.165) is 33.1 Å². The van der Waals surface area contributed by atoms with E-state index in [2.05, 4.69) is 52.5 Å². The number of halogens is 1. The van der Waals surface area contributed by atoms with Gasteiger partial charge in [0.25, 0.3) is 0 Å². The Morgan fingerprint density at radius 3 is 2.50 bits per heavy atom. The quantitative estimate of drug-likeness (QED) is 0.239. The van der Waals surface area contributed by atoms with Crippen LogP contribution in [-0.4, -0.2) is 9.97 Å². The van der Waals surface area contributed by atoms with Gasteiger partial charge in [0, 0.05) is 5.39 Å². The summed E-state index contributed by atoms with van der Waals surface area (Å²) in [4.78, 5) is 7.00. The van der Waals surface area contributed by atoms with E-state index in [9.17, 15) is 4.39 Å². The second-order valence-electron chi connectivity index (χ2n) is 9.24. The Hall–Kier alpha value is -3.89. The van der Waals surface area contributed by atoms with Crippen LogP contribution >= 0.6 is 12.2 Å². The van der Waals surface area contributed by atoms with Crippen molar-refractivity contribution in [3.05, 3.63) is 124 Å². The van der Waals surface area contributed by atoms with Gasteiger partial charge < -0.3 is 4.98 Å². The molecule has 4 heteroatoms. The van der Waals surface area contributed by atoms with Crippen LogP contribution in [0.5, 0.6) is 0 Å². The highest BCUT2D eigenvalue weighted by molar-refractivity contribution is 7.71. The number of H-pyrrole nitrogens is 1. The molecule has 0 aliphatic heterocycles. The van der Waals surface area contributed by atoms with Crippen LogP contribution < -0.4 is 0 Å². The van der Waals surface area contributed by atoms with Crippen LogP contribution in [0.3, 0.4) is 0 Å². The summed E-state index contributed by atoms with van der Waals surface area (Å²) in [5.74, 6) is -0.191. The molecule has 2 aliphatic rings. The smallest absolute Gasteiger partial charge is 0.123 e. The highest BCUT2D eigenvalue weighted by atomic mass is 32.1. The minimum absolute atomic E-state index is 0.191. The third kappa shape index (κ3) is 4.29. The Morgan fingerprint density at radius 1 is 0.806 bits per heavy atom. The Bertz CT molecular complexity index is 1710. The molecule has 0 spiro atoms. The summed E-state index contributed by atoms with van der Waals surface area (Å²) in [7, 11) is 0. The Morgan fingerprint density at radius 2 is 1.64 bits per heavy atom. The molecule has 4 aromatic carbocycles. The van der Waals surface area contributed by atoms with Crippen molar-refractivity contribution in [2.75, 3.05) is 0 Å². The van der Waals surface area contributed by atoms with Gasteiger partial charge >= 0.3 is 0 Å². The Labute approximate surface area is 214 Å². The Kier molecular flexibility index (Phi) is 6.04. The standard InChI is InChI=1S/C24H19F.C8H6N2S/c25-20-10-5-16(6-11-20)18-8-12-22-19(15-18)9-14-23-21-4-2-1-3-17(21)7-13-24(22)23;11-8-6-3-1-2-4-7(6)9-5-10-8/h2,4-6,8-12,14-15H,1,3,7,13H2;1-5H,(H,9,10,11). The molecule has 7 rings (SSSR count). The largest absolute Gasteiger partial charge is 0.337 e. The highest BCUT2D eigenvalue weighted by Crippen LogP contribution is 2.40. The number of nitrogens with one attached hydrogen (secondary N) is 1. The van der Waals surface area contributed by atoms with Crippen LogP contribution in [-0.2, 0) is 6.42 Å². The monoisotopic (exact) mass is 488 g/mol. The van der Waals surface area contributed by atoms with Crippen molar-refractivity contribution in [3.63, 3.8) is 0 Å². The second kappa shape index (κ2) is 9.63. The fraction of sp³-hybridized carbons (Fsp3) is 0.125. The zero-order chi connectivity index (χ0) is 24.5. The molecule has 0 radical (unpaired) electrons. The van der Waals surface area contributed by atoms with E-state index >= 15 is 0 Å². The summed E-state index contributed by atoms with van der Waals surface area (Å²) >= 11 is 5.06. The first kappa shape index (κ1) is 22.6. The van der Waals surface area contributed by atoms with Gasteiger partial charge in [0.2, 0.25) is 0 Å². The summed E-state index contributed by atoms with van der Waals surface area (Å²) < 4.78 is 13.9. The molecule has 2 nitrogen and oxygen atoms in total. The number of fused-ring (bicyclic) bond motifs is 5. The number of aryl methyl sites for hydroxylation is 1. The maximum absolute atomic E-state index is 13.2. The summed E-state index contributed by atoms with van der Waals surface area (Å²) in [6.07, 6.45) is 11.0. The number of benzene rings is 4. The zero-order valence-electron chi connectivity index (χ0n) is 19.8. The highest BCUT2D eigenvalue weighted by Gasteiger charge is 2.20. The molecule has 5 aromatic rings. The number of hydrogen-bond acceptors (Lipinski definition) is 2. The van der Waals surface area contributed by atoms with Crippen LogP contribution in [0, 0.1) is 10.5 Å². The number of allylic oxidation sites excluding steroid dienone is 4. The van der Waals surface area contributed by atoms with Crippen molar-refractivity contribution >= 4 is 39.5 Å². The number of hydrogen-bond donors (Lipinski definition) is 1. The number of nitrogens with zero attached hydrogens (tertiary/aromatic N) is 1. The lowest BCUT2D eigenvalue weighted by molar-refractivity contribution is 0.628. The third-order valence-electron chi connectivity index (χ3n) is 7.10. The minimum atomic E-state index is -0.191. The summed E-state index contributed by atoms with van der Waals surface area (Å²) in [5, 5.41) is 3.63. The van der Waals surface area contributed by atoms with Crippen molar-refractivity contribution in [3.8, 4) is 11.1 Å². The molecule has 0 atom stereocenters. The molecule has 2 aliphatic carbocycles. The van der Waals surface area contributed by atoms with E-state index in [1.165, 1.54) is 58.9 Å². The average Bonchev–Trinajstić information content (AvgIpc) is 2.93. The first-order valence-electron chi connectivity index (χ1n) is 12.3. The Balaban J connectivity index is 0.000000183. The molecular weight excluding hydrogens is 463 g/mol. The predicted octanol–water partition coefficient (Wildman–Crippen LogP) is 8.99. The third-order valence-corrected chi connectivity index (χ3v) is 7.44. The van der Waals surface area contributed by atoms with Crippen LogP contribution in [0.25, 0.3) is 38.4 Å². The van der Waals surface area contributed by atoms with E-state index in [4.69, 9.17) is 12.2 Å². The molecule has 1 aromatic heterocycles. The molecule has 176 valence electrons. The van der Waals surface area contributed by atoms with Gasteiger partial charge in [-0.2, -0.15) is 0 Å². The molecule has 1 heterocycles. The van der Waals surface area contributed by atoms with Crippen molar-refractivity contribution in [2.45, 2.75) is 25.7 Å². The number of aromatic amines is 1. The van der Waals surface area contributed by atoms with Crippen LogP contribution in [0.1, 0.15) is 30.4 Å². The molecule has 36 heavy (non-hydrogen) atoms. The summed E-state index contributed by atoms with van der Waals surface area (Å²) in [5.41, 5.74) is 9.11. The summed E-state index contributed by atoms with van der Waals surface area (Å²) in [6, 6.07) is 25.7. The molecule has 0 saturated heterocycles. The molecule has 0 saturated carbocycles. The van der Waals surface area contributed by atoms with Gasteiger partial charge in [-0.15, -0.1) is 0 Å². The maximum Gasteiger partial charge on any atom is 0.123 e. The van der Waals surface area contributed by atoms with Crippen molar-refractivity contribution < 1.29 is 4.39 Å². The minimum Gasteiger partial charge on any atom is -0.337 e. The molecule has 0 unspecified atom stereocenters.